The summed E-state index contributed by atoms with van der Waals surface area (Å²) in [6.07, 6.45) is 9.81. The van der Waals surface area contributed by atoms with Gasteiger partial charge in [-0.1, -0.05) is 24.3 Å². The number of carbonyl (C=O) groups is 1. The fourth-order valence-corrected chi connectivity index (χ4v) is 4.36. The number of rotatable bonds is 4. The van der Waals surface area contributed by atoms with Gasteiger partial charge in [-0.15, -0.1) is 0 Å². The van der Waals surface area contributed by atoms with Gasteiger partial charge in [0.1, 0.15) is 0 Å². The molecule has 1 fully saturated rings. The lowest BCUT2D eigenvalue weighted by atomic mass is 9.81. The van der Waals surface area contributed by atoms with E-state index in [1.54, 1.807) is 6.20 Å². The molecule has 0 unspecified atom stereocenters. The van der Waals surface area contributed by atoms with Gasteiger partial charge >= 0.3 is 0 Å². The molecule has 4 nitrogen and oxygen atoms in total. The largest absolute Gasteiger partial charge is 0.381 e. The maximum atomic E-state index is 12.8. The Labute approximate surface area is 155 Å². The summed E-state index contributed by atoms with van der Waals surface area (Å²) in [4.78, 5) is 19.1. The Hall–Kier alpha value is -2.36. The van der Waals surface area contributed by atoms with E-state index in [1.807, 2.05) is 18.3 Å². The number of carbonyl (C=O) groups excluding carboxylic acids is 1. The zero-order chi connectivity index (χ0) is 17.8. The standard InChI is InChI=1S/C22H27N3O/c26-22(15-18-7-3-6-17-5-1-2-9-21(17)18)25-13-10-19(11-14-25)24-20-8-4-12-23-16-20/h1-2,4-5,8-9,12,16,18-19,24H,3,6-7,10-11,13-15H2/t18-/m0/s1. The Morgan fingerprint density at radius 1 is 1.12 bits per heavy atom. The normalized spacial score (nSPS) is 20.5. The molecular weight excluding hydrogens is 322 g/mol. The second-order valence-corrected chi connectivity index (χ2v) is 7.53. The van der Waals surface area contributed by atoms with Gasteiger partial charge in [0.25, 0.3) is 0 Å². The molecule has 26 heavy (non-hydrogen) atoms. The number of hydrogen-bond acceptors (Lipinski definition) is 3. The van der Waals surface area contributed by atoms with Crippen molar-refractivity contribution in [3.63, 3.8) is 0 Å². The van der Waals surface area contributed by atoms with E-state index in [0.717, 1.165) is 44.5 Å². The number of fused-ring (bicyclic) bond motifs is 1. The quantitative estimate of drug-likeness (QED) is 0.907. The summed E-state index contributed by atoms with van der Waals surface area (Å²) >= 11 is 0. The van der Waals surface area contributed by atoms with Crippen LogP contribution in [0.3, 0.4) is 0 Å². The number of likely N-dealkylation sites (tertiary alicyclic amines) is 1. The van der Waals surface area contributed by atoms with Gasteiger partial charge in [-0.2, -0.15) is 0 Å². The molecule has 136 valence electrons. The Kier molecular flexibility index (Phi) is 5.19. The molecule has 0 saturated carbocycles. The molecule has 2 aromatic rings. The van der Waals surface area contributed by atoms with Gasteiger partial charge in [0.05, 0.1) is 5.69 Å². The second-order valence-electron chi connectivity index (χ2n) is 7.53. The van der Waals surface area contributed by atoms with Crippen molar-refractivity contribution in [3.05, 3.63) is 59.9 Å². The smallest absolute Gasteiger partial charge is 0.223 e. The van der Waals surface area contributed by atoms with Crippen molar-refractivity contribution in [1.82, 2.24) is 9.88 Å². The lowest BCUT2D eigenvalue weighted by Crippen LogP contribution is -2.42. The van der Waals surface area contributed by atoms with Crippen LogP contribution in [-0.2, 0) is 11.2 Å². The topological polar surface area (TPSA) is 45.2 Å². The van der Waals surface area contributed by atoms with Crippen molar-refractivity contribution in [3.8, 4) is 0 Å². The highest BCUT2D eigenvalue weighted by Crippen LogP contribution is 2.34. The molecule has 2 aliphatic rings. The molecule has 1 atom stereocenters. The highest BCUT2D eigenvalue weighted by Gasteiger charge is 2.27. The lowest BCUT2D eigenvalue weighted by Gasteiger charge is -2.34. The van der Waals surface area contributed by atoms with Crippen molar-refractivity contribution in [2.45, 2.75) is 50.5 Å². The summed E-state index contributed by atoms with van der Waals surface area (Å²) in [5.41, 5.74) is 3.91. The van der Waals surface area contributed by atoms with Crippen molar-refractivity contribution < 1.29 is 4.79 Å². The Morgan fingerprint density at radius 3 is 2.77 bits per heavy atom. The minimum atomic E-state index is 0.325. The average Bonchev–Trinajstić information content (AvgIpc) is 2.70. The summed E-state index contributed by atoms with van der Waals surface area (Å²) < 4.78 is 0. The van der Waals surface area contributed by atoms with Crippen LogP contribution in [0.2, 0.25) is 0 Å². The highest BCUT2D eigenvalue weighted by molar-refractivity contribution is 5.77. The number of anilines is 1. The van der Waals surface area contributed by atoms with Crippen molar-refractivity contribution in [2.75, 3.05) is 18.4 Å². The monoisotopic (exact) mass is 349 g/mol. The average molecular weight is 349 g/mol. The molecule has 1 N–H and O–H groups in total. The van der Waals surface area contributed by atoms with Crippen LogP contribution in [0.5, 0.6) is 0 Å². The van der Waals surface area contributed by atoms with Gasteiger partial charge in [0.2, 0.25) is 5.91 Å². The Morgan fingerprint density at radius 2 is 1.96 bits per heavy atom. The first-order valence-corrected chi connectivity index (χ1v) is 9.82. The Balaban J connectivity index is 1.30. The second kappa shape index (κ2) is 7.90. The van der Waals surface area contributed by atoms with E-state index in [1.165, 1.54) is 17.5 Å². The van der Waals surface area contributed by atoms with E-state index < -0.39 is 0 Å². The SMILES string of the molecule is O=C(C[C@@H]1CCCc2ccccc21)N1CCC(Nc2cccnc2)CC1. The number of piperidine rings is 1. The first-order valence-electron chi connectivity index (χ1n) is 9.82. The maximum absolute atomic E-state index is 12.8. The van der Waals surface area contributed by atoms with Crippen LogP contribution in [0.4, 0.5) is 5.69 Å². The molecule has 0 spiro atoms. The summed E-state index contributed by atoms with van der Waals surface area (Å²) in [6, 6.07) is 13.1. The van der Waals surface area contributed by atoms with Crippen LogP contribution in [-0.4, -0.2) is 34.9 Å². The molecule has 1 saturated heterocycles. The van der Waals surface area contributed by atoms with Crippen molar-refractivity contribution in [1.29, 1.82) is 0 Å². The summed E-state index contributed by atoms with van der Waals surface area (Å²) in [7, 11) is 0. The lowest BCUT2D eigenvalue weighted by molar-refractivity contribution is -0.132. The highest BCUT2D eigenvalue weighted by atomic mass is 16.2. The molecule has 4 heteroatoms. The molecule has 4 rings (SSSR count). The van der Waals surface area contributed by atoms with Crippen LogP contribution >= 0.6 is 0 Å². The zero-order valence-electron chi connectivity index (χ0n) is 15.2. The number of aryl methyl sites for hydroxylation is 1. The fourth-order valence-electron chi connectivity index (χ4n) is 4.36. The molecule has 1 aromatic heterocycles. The van der Waals surface area contributed by atoms with Crippen LogP contribution in [0, 0.1) is 0 Å². The number of benzene rings is 1. The van der Waals surface area contributed by atoms with Gasteiger partial charge in [-0.25, -0.2) is 0 Å². The van der Waals surface area contributed by atoms with Gasteiger partial charge in [0.15, 0.2) is 0 Å². The minimum absolute atomic E-state index is 0.325. The molecule has 1 aliphatic carbocycles. The molecule has 2 heterocycles. The first kappa shape index (κ1) is 17.1. The van der Waals surface area contributed by atoms with Gasteiger partial charge in [-0.3, -0.25) is 9.78 Å². The van der Waals surface area contributed by atoms with E-state index >= 15 is 0 Å². The number of pyridine rings is 1. The molecule has 0 bridgehead atoms. The molecule has 1 amide bonds. The first-order chi connectivity index (χ1) is 12.8. The number of nitrogens with zero attached hydrogens (tertiary/aromatic N) is 2. The summed E-state index contributed by atoms with van der Waals surface area (Å²) in [5, 5.41) is 3.53. The van der Waals surface area contributed by atoms with E-state index in [-0.39, 0.29) is 0 Å². The maximum Gasteiger partial charge on any atom is 0.223 e. The van der Waals surface area contributed by atoms with Gasteiger partial charge in [0, 0.05) is 37.9 Å². The molecule has 1 aromatic carbocycles. The molecule has 1 aliphatic heterocycles. The van der Waals surface area contributed by atoms with Crippen LogP contribution in [0.15, 0.2) is 48.8 Å². The number of amides is 1. The van der Waals surface area contributed by atoms with E-state index in [4.69, 9.17) is 0 Å². The summed E-state index contributed by atoms with van der Waals surface area (Å²) in [6.45, 7) is 1.70. The molecular formula is C22H27N3O. The number of nitrogens with one attached hydrogen (secondary N) is 1. The Bertz CT molecular complexity index is 738. The predicted molar refractivity (Wildman–Crippen MR) is 104 cm³/mol. The molecule has 0 radical (unpaired) electrons. The van der Waals surface area contributed by atoms with E-state index in [9.17, 15) is 4.79 Å². The van der Waals surface area contributed by atoms with E-state index in [2.05, 4.69) is 39.5 Å². The summed E-state index contributed by atoms with van der Waals surface area (Å²) in [5.74, 6) is 0.727. The van der Waals surface area contributed by atoms with E-state index in [0.29, 0.717) is 24.3 Å². The van der Waals surface area contributed by atoms with Crippen molar-refractivity contribution in [2.24, 2.45) is 0 Å². The van der Waals surface area contributed by atoms with Crippen LogP contribution in [0.25, 0.3) is 0 Å². The zero-order valence-corrected chi connectivity index (χ0v) is 15.2. The van der Waals surface area contributed by atoms with Gasteiger partial charge < -0.3 is 10.2 Å². The van der Waals surface area contributed by atoms with Crippen LogP contribution in [0.1, 0.15) is 49.1 Å². The number of aromatic nitrogens is 1. The number of hydrogen-bond donors (Lipinski definition) is 1. The van der Waals surface area contributed by atoms with Crippen molar-refractivity contribution >= 4 is 11.6 Å². The van der Waals surface area contributed by atoms with Gasteiger partial charge in [-0.05, 0) is 61.3 Å². The van der Waals surface area contributed by atoms with Crippen LogP contribution < -0.4 is 5.32 Å². The fraction of sp³-hybridized carbons (Fsp3) is 0.455. The predicted octanol–water partition coefficient (Wildman–Crippen LogP) is 3.99. The minimum Gasteiger partial charge on any atom is -0.381 e. The third kappa shape index (κ3) is 3.90. The third-order valence-corrected chi connectivity index (χ3v) is 5.79. The third-order valence-electron chi connectivity index (χ3n) is 5.79.